The SMILES string of the molecule is O=C(COC1CCC(Cl)C(F)C1)NC12CCC(NS(=O)(=O)CC3CCCC(C(F)(F)F)C3)(CC1)[C@@H](O)C2. The molecule has 0 spiro atoms. The molecule has 214 valence electrons. The number of sulfonamides is 1. The number of carbonyl (C=O) groups excluding carboxylic acids is 1. The molecular weight excluding hydrogens is 540 g/mol. The topological polar surface area (TPSA) is 105 Å². The molecule has 3 N–H and O–H groups in total. The molecule has 7 nitrogen and oxygen atoms in total. The van der Waals surface area contributed by atoms with Gasteiger partial charge in [0.05, 0.1) is 34.8 Å². The first kappa shape index (κ1) is 29.3. The van der Waals surface area contributed by atoms with Crippen molar-refractivity contribution in [2.45, 2.75) is 118 Å². The molecule has 5 unspecified atom stereocenters. The Balaban J connectivity index is 1.28. The highest BCUT2D eigenvalue weighted by Crippen LogP contribution is 2.48. The number of carbonyl (C=O) groups is 1. The molecule has 0 heterocycles. The lowest BCUT2D eigenvalue weighted by Gasteiger charge is -2.56. The van der Waals surface area contributed by atoms with Gasteiger partial charge in [0.1, 0.15) is 12.8 Å². The number of aliphatic hydroxyl groups excluding tert-OH is 1. The van der Waals surface area contributed by atoms with Gasteiger partial charge in [-0.15, -0.1) is 11.6 Å². The van der Waals surface area contributed by atoms with Gasteiger partial charge in [0.2, 0.25) is 15.9 Å². The van der Waals surface area contributed by atoms with Crippen molar-refractivity contribution in [2.24, 2.45) is 11.8 Å². The first-order chi connectivity index (χ1) is 17.2. The molecule has 0 aromatic heterocycles. The van der Waals surface area contributed by atoms with Crippen LogP contribution in [0.2, 0.25) is 0 Å². The third kappa shape index (κ3) is 7.10. The lowest BCUT2D eigenvalue weighted by Crippen LogP contribution is -2.70. The molecule has 1 amide bonds. The number of aliphatic hydroxyl groups is 1. The van der Waals surface area contributed by atoms with Gasteiger partial charge < -0.3 is 15.2 Å². The van der Waals surface area contributed by atoms with Crippen LogP contribution in [0, 0.1) is 11.8 Å². The zero-order chi connectivity index (χ0) is 27.1. The summed E-state index contributed by atoms with van der Waals surface area (Å²) in [7, 11) is -3.93. The zero-order valence-electron chi connectivity index (χ0n) is 20.7. The average molecular weight is 577 g/mol. The zero-order valence-corrected chi connectivity index (χ0v) is 22.3. The summed E-state index contributed by atoms with van der Waals surface area (Å²) in [4.78, 5) is 12.6. The molecular formula is C24H37ClF4N2O5S. The van der Waals surface area contributed by atoms with E-state index in [0.29, 0.717) is 51.4 Å². The Morgan fingerprint density at radius 3 is 2.41 bits per heavy atom. The van der Waals surface area contributed by atoms with E-state index in [1.54, 1.807) is 0 Å². The van der Waals surface area contributed by atoms with Crippen LogP contribution in [0.5, 0.6) is 0 Å². The molecule has 5 fully saturated rings. The molecule has 13 heteroatoms. The van der Waals surface area contributed by atoms with Crippen LogP contribution in [0.3, 0.4) is 0 Å². The fourth-order valence-corrected chi connectivity index (χ4v) is 8.94. The first-order valence-corrected chi connectivity index (χ1v) is 15.3. The van der Waals surface area contributed by atoms with E-state index in [9.17, 15) is 35.9 Å². The third-order valence-electron chi connectivity index (χ3n) is 8.88. The summed E-state index contributed by atoms with van der Waals surface area (Å²) in [5.41, 5.74) is -1.77. The Kier molecular flexibility index (Phi) is 8.76. The van der Waals surface area contributed by atoms with Crippen molar-refractivity contribution in [3.63, 3.8) is 0 Å². The van der Waals surface area contributed by atoms with E-state index in [1.807, 2.05) is 0 Å². The van der Waals surface area contributed by atoms with Gasteiger partial charge in [-0.1, -0.05) is 6.42 Å². The first-order valence-electron chi connectivity index (χ1n) is 13.2. The quantitative estimate of drug-likeness (QED) is 0.302. The maximum absolute atomic E-state index is 13.8. The van der Waals surface area contributed by atoms with E-state index >= 15 is 0 Å². The van der Waals surface area contributed by atoms with Crippen LogP contribution in [-0.2, 0) is 19.6 Å². The van der Waals surface area contributed by atoms with Crippen molar-refractivity contribution in [2.75, 3.05) is 12.4 Å². The molecule has 6 atom stereocenters. The van der Waals surface area contributed by atoms with Gasteiger partial charge in [0, 0.05) is 12.0 Å². The summed E-state index contributed by atoms with van der Waals surface area (Å²) in [5.74, 6) is -2.82. The van der Waals surface area contributed by atoms with E-state index in [0.717, 1.165) is 0 Å². The van der Waals surface area contributed by atoms with Gasteiger partial charge in [0.15, 0.2) is 0 Å². The predicted octanol–water partition coefficient (Wildman–Crippen LogP) is 3.72. The van der Waals surface area contributed by atoms with Gasteiger partial charge in [0.25, 0.3) is 0 Å². The highest BCUT2D eigenvalue weighted by atomic mass is 35.5. The van der Waals surface area contributed by atoms with Crippen LogP contribution in [0.15, 0.2) is 0 Å². The van der Waals surface area contributed by atoms with Crippen molar-refractivity contribution in [3.05, 3.63) is 0 Å². The number of amides is 1. The average Bonchev–Trinajstić information content (AvgIpc) is 2.80. The summed E-state index contributed by atoms with van der Waals surface area (Å²) in [6.45, 7) is -0.236. The Bertz CT molecular complexity index is 929. The van der Waals surface area contributed by atoms with Crippen LogP contribution in [0.1, 0.15) is 77.0 Å². The van der Waals surface area contributed by atoms with Gasteiger partial charge in [-0.2, -0.15) is 13.2 Å². The van der Waals surface area contributed by atoms with E-state index < -0.39 is 62.5 Å². The lowest BCUT2D eigenvalue weighted by atomic mass is 9.60. The van der Waals surface area contributed by atoms with Crippen LogP contribution in [0.4, 0.5) is 17.6 Å². The summed E-state index contributed by atoms with van der Waals surface area (Å²) >= 11 is 5.88. The van der Waals surface area contributed by atoms with E-state index in [2.05, 4.69) is 10.0 Å². The van der Waals surface area contributed by atoms with Crippen LogP contribution in [0.25, 0.3) is 0 Å². The fourth-order valence-electron chi connectivity index (χ4n) is 6.74. The number of rotatable bonds is 8. The number of ether oxygens (including phenoxy) is 1. The summed E-state index contributed by atoms with van der Waals surface area (Å²) in [5, 5.41) is 13.3. The Morgan fingerprint density at radius 2 is 1.78 bits per heavy atom. The fraction of sp³-hybridized carbons (Fsp3) is 0.958. The second-order valence-corrected chi connectivity index (χ2v) is 14.0. The van der Waals surface area contributed by atoms with E-state index in [-0.39, 0.29) is 44.3 Å². The molecule has 0 saturated heterocycles. The Morgan fingerprint density at radius 1 is 1.08 bits per heavy atom. The number of nitrogens with one attached hydrogen (secondary N) is 2. The molecule has 5 rings (SSSR count). The maximum atomic E-state index is 13.8. The van der Waals surface area contributed by atoms with Crippen molar-refractivity contribution < 1.29 is 40.6 Å². The molecule has 0 aromatic rings. The molecule has 5 aliphatic carbocycles. The van der Waals surface area contributed by atoms with Crippen LogP contribution in [-0.4, -0.2) is 72.8 Å². The minimum Gasteiger partial charge on any atom is -0.391 e. The highest BCUT2D eigenvalue weighted by Gasteiger charge is 2.56. The molecule has 5 saturated carbocycles. The molecule has 2 bridgehead atoms. The van der Waals surface area contributed by atoms with Crippen LogP contribution >= 0.6 is 11.6 Å². The second kappa shape index (κ2) is 11.1. The van der Waals surface area contributed by atoms with Crippen molar-refractivity contribution >= 4 is 27.5 Å². The Labute approximate surface area is 220 Å². The predicted molar refractivity (Wildman–Crippen MR) is 129 cm³/mol. The molecule has 5 aliphatic rings. The van der Waals surface area contributed by atoms with Crippen molar-refractivity contribution in [1.82, 2.24) is 10.0 Å². The van der Waals surface area contributed by atoms with Crippen LogP contribution < -0.4 is 10.0 Å². The number of alkyl halides is 5. The van der Waals surface area contributed by atoms with Crippen molar-refractivity contribution in [3.8, 4) is 0 Å². The summed E-state index contributed by atoms with van der Waals surface area (Å²) < 4.78 is 87.4. The second-order valence-electron chi connectivity index (χ2n) is 11.6. The van der Waals surface area contributed by atoms with Gasteiger partial charge in [-0.3, -0.25) is 4.79 Å². The maximum Gasteiger partial charge on any atom is 0.391 e. The van der Waals surface area contributed by atoms with E-state index in [1.165, 1.54) is 0 Å². The van der Waals surface area contributed by atoms with E-state index in [4.69, 9.17) is 16.3 Å². The van der Waals surface area contributed by atoms with Gasteiger partial charge in [-0.05, 0) is 70.1 Å². The monoisotopic (exact) mass is 576 g/mol. The smallest absolute Gasteiger partial charge is 0.391 e. The number of hydrogen-bond donors (Lipinski definition) is 3. The largest absolute Gasteiger partial charge is 0.391 e. The standard InChI is InChI=1S/C24H37ClF4N2O5S/c25-18-5-4-17(11-19(18)26)36-13-21(33)30-22-6-8-23(9-7-22,20(32)12-22)31-37(34,35)14-15-2-1-3-16(10-15)24(27,28)29/h15-20,31-32H,1-14H2,(H,30,33)/t15?,16?,17?,18?,19?,20-,22?,23?/m0/s1. The number of fused-ring (bicyclic) bond motifs is 3. The molecule has 0 radical (unpaired) electrons. The molecule has 37 heavy (non-hydrogen) atoms. The summed E-state index contributed by atoms with van der Waals surface area (Å²) in [6, 6.07) is 0. The normalized spacial score (nSPS) is 40.9. The summed E-state index contributed by atoms with van der Waals surface area (Å²) in [6.07, 6.45) is -3.48. The van der Waals surface area contributed by atoms with Gasteiger partial charge >= 0.3 is 6.18 Å². The molecule has 0 aromatic carbocycles. The molecule has 0 aliphatic heterocycles. The van der Waals surface area contributed by atoms with Gasteiger partial charge in [-0.25, -0.2) is 17.5 Å². The number of hydrogen-bond acceptors (Lipinski definition) is 5. The lowest BCUT2D eigenvalue weighted by molar-refractivity contribution is -0.185. The minimum atomic E-state index is -4.32. The highest BCUT2D eigenvalue weighted by molar-refractivity contribution is 7.89. The number of halogens is 5. The third-order valence-corrected chi connectivity index (χ3v) is 11.0. The minimum absolute atomic E-state index is 0.0277. The Hall–Kier alpha value is -0.690. The van der Waals surface area contributed by atoms with Crippen molar-refractivity contribution in [1.29, 1.82) is 0 Å².